The maximum Gasteiger partial charge on any atom is 0.207 e. The van der Waals surface area contributed by atoms with E-state index in [4.69, 9.17) is 10.2 Å². The number of carbonyl (C=O) groups is 1. The molecule has 1 aliphatic carbocycles. The quantitative estimate of drug-likeness (QED) is 0.113. The second-order valence-electron chi connectivity index (χ2n) is 10.6. The van der Waals surface area contributed by atoms with E-state index in [0.717, 1.165) is 49.6 Å². The number of nitrogens with one attached hydrogen (secondary N) is 3. The molecule has 2 atom stereocenters. The Morgan fingerprint density at radius 3 is 2.21 bits per heavy atom. The van der Waals surface area contributed by atoms with Gasteiger partial charge >= 0.3 is 0 Å². The van der Waals surface area contributed by atoms with Gasteiger partial charge in [0.05, 0.1) is 0 Å². The molecule has 0 spiro atoms. The number of hydrogen-bond donors (Lipinski definition) is 4. The van der Waals surface area contributed by atoms with E-state index in [-0.39, 0.29) is 0 Å². The summed E-state index contributed by atoms with van der Waals surface area (Å²) in [6.45, 7) is 21.2. The minimum absolute atomic E-state index is 0.305. The zero-order valence-corrected chi connectivity index (χ0v) is 27.6. The molecule has 228 valence electrons. The summed E-state index contributed by atoms with van der Waals surface area (Å²) < 4.78 is 6.26. The molecule has 39 heavy (non-hydrogen) atoms. The van der Waals surface area contributed by atoms with Crippen LogP contribution in [0.1, 0.15) is 97.6 Å². The van der Waals surface area contributed by atoms with E-state index in [2.05, 4.69) is 82.3 Å². The number of ether oxygens (including phenoxy) is 1. The smallest absolute Gasteiger partial charge is 0.207 e. The van der Waals surface area contributed by atoms with Crippen molar-refractivity contribution in [3.63, 3.8) is 0 Å². The first kappa shape index (κ1) is 39.5. The predicted octanol–water partition coefficient (Wildman–Crippen LogP) is 6.83. The molecule has 0 bridgehead atoms. The maximum absolute atomic E-state index is 10.4. The molecule has 0 aliphatic heterocycles. The minimum Gasteiger partial charge on any atom is -0.492 e. The molecule has 1 aromatic rings. The van der Waals surface area contributed by atoms with Gasteiger partial charge in [0.25, 0.3) is 0 Å². The van der Waals surface area contributed by atoms with Crippen molar-refractivity contribution in [3.05, 3.63) is 41.6 Å². The van der Waals surface area contributed by atoms with Gasteiger partial charge < -0.3 is 26.2 Å². The number of nitrogens with two attached hydrogens (primary N) is 1. The van der Waals surface area contributed by atoms with Crippen LogP contribution in [0.4, 0.5) is 0 Å². The van der Waals surface area contributed by atoms with Crippen LogP contribution in [-0.4, -0.2) is 45.9 Å². The highest BCUT2D eigenvalue weighted by atomic mass is 31.1. The van der Waals surface area contributed by atoms with Gasteiger partial charge in [-0.05, 0) is 61.7 Å². The Bertz CT molecular complexity index is 705. The monoisotopic (exact) mass is 566 g/mol. The lowest BCUT2D eigenvalue weighted by Gasteiger charge is -2.32. The van der Waals surface area contributed by atoms with Gasteiger partial charge in [-0.1, -0.05) is 101 Å². The van der Waals surface area contributed by atoms with Gasteiger partial charge in [-0.25, -0.2) is 0 Å². The summed E-state index contributed by atoms with van der Waals surface area (Å²) in [5.41, 5.74) is 8.42. The summed E-state index contributed by atoms with van der Waals surface area (Å²) in [7, 11) is 2.54. The molecule has 1 amide bonds. The number of hydrogen-bond acceptors (Lipinski definition) is 5. The Labute approximate surface area is 243 Å². The van der Waals surface area contributed by atoms with Crippen LogP contribution in [0, 0.1) is 11.8 Å². The number of likely N-dealkylation sites (N-methyl/N-ethyl adjacent to an activating group) is 1. The number of benzene rings is 1. The van der Waals surface area contributed by atoms with Crippen molar-refractivity contribution in [2.75, 3.05) is 33.4 Å². The lowest BCUT2D eigenvalue weighted by atomic mass is 9.83. The van der Waals surface area contributed by atoms with E-state index in [1.807, 2.05) is 13.7 Å². The third-order valence-corrected chi connectivity index (χ3v) is 5.94. The zero-order valence-electron chi connectivity index (χ0n) is 26.6. The Hall–Kier alpha value is -1.62. The molecular weight excluding hydrogens is 503 g/mol. The predicted molar refractivity (Wildman–Crippen MR) is 175 cm³/mol. The van der Waals surface area contributed by atoms with E-state index < -0.39 is 0 Å². The first-order valence-corrected chi connectivity index (χ1v) is 16.7. The first-order valence-electron chi connectivity index (χ1n) is 15.1. The van der Waals surface area contributed by atoms with E-state index in [1.165, 1.54) is 49.7 Å². The molecule has 0 aromatic heterocycles. The van der Waals surface area contributed by atoms with Gasteiger partial charge in [0, 0.05) is 31.9 Å². The van der Waals surface area contributed by atoms with Gasteiger partial charge in [-0.15, -0.1) is 0 Å². The summed E-state index contributed by atoms with van der Waals surface area (Å²) in [5.74, 6) is 2.51. The second-order valence-corrected chi connectivity index (χ2v) is 11.2. The topological polar surface area (TPSA) is 88.4 Å². The average Bonchev–Trinajstić information content (AvgIpc) is 2.92. The standard InChI is InChI=1S/C24H39N3O2.C4H10.C3H8.CH6NP/c1-4-20-12-8-13-22(14-9-15-26-18-28)24(20)29-17-16-27-23(19(2)25-3)21-10-6-5-7-11-21;1-4(2)3;2*1-3-2/h8,12-13,18,21,23,25,27H,2,4-7,9-11,14-17H2,1,3H3,(H,26,28);4H,1-3H3;3H2,1-2H3;3H,2H2,1H3. The SMILES string of the molecule is C=C(NC)C(NCCOc1c(CC)cccc1CCCNC=O)C1CCCCC1.CC(C)C.CCC.CPN. The fraction of sp³-hybridized carbons (Fsp3) is 0.719. The van der Waals surface area contributed by atoms with Crippen LogP contribution in [0.2, 0.25) is 0 Å². The van der Waals surface area contributed by atoms with Crippen LogP contribution in [0.15, 0.2) is 30.5 Å². The normalized spacial score (nSPS) is 13.7. The van der Waals surface area contributed by atoms with Crippen LogP contribution in [0.25, 0.3) is 0 Å². The molecule has 6 nitrogen and oxygen atoms in total. The Morgan fingerprint density at radius 1 is 1.13 bits per heavy atom. The minimum atomic E-state index is 0.305. The maximum atomic E-state index is 10.4. The Kier molecular flexibility index (Phi) is 28.3. The number of amides is 1. The third-order valence-electron chi connectivity index (χ3n) is 5.94. The van der Waals surface area contributed by atoms with Crippen LogP contribution in [0.5, 0.6) is 5.75 Å². The molecule has 5 N–H and O–H groups in total. The summed E-state index contributed by atoms with van der Waals surface area (Å²) in [6, 6.07) is 6.68. The molecule has 2 rings (SSSR count). The number of aryl methyl sites for hydroxylation is 2. The molecule has 0 radical (unpaired) electrons. The lowest BCUT2D eigenvalue weighted by Crippen LogP contribution is -2.43. The van der Waals surface area contributed by atoms with Crippen LogP contribution in [-0.2, 0) is 17.6 Å². The van der Waals surface area contributed by atoms with Crippen molar-refractivity contribution in [3.8, 4) is 5.75 Å². The first-order chi connectivity index (χ1) is 18.8. The molecule has 1 aromatic carbocycles. The second kappa shape index (κ2) is 27.9. The van der Waals surface area contributed by atoms with Crippen molar-refractivity contribution in [1.82, 2.24) is 16.0 Å². The largest absolute Gasteiger partial charge is 0.492 e. The summed E-state index contributed by atoms with van der Waals surface area (Å²) >= 11 is 0. The molecule has 0 saturated heterocycles. The van der Waals surface area contributed by atoms with Crippen LogP contribution in [0.3, 0.4) is 0 Å². The summed E-state index contributed by atoms with van der Waals surface area (Å²) in [5, 5.41) is 9.68. The molecule has 2 unspecified atom stereocenters. The van der Waals surface area contributed by atoms with Gasteiger partial charge in [0.15, 0.2) is 0 Å². The number of carbonyl (C=O) groups excluding carboxylic acids is 1. The van der Waals surface area contributed by atoms with E-state index in [1.54, 1.807) is 0 Å². The Morgan fingerprint density at radius 2 is 1.69 bits per heavy atom. The average molecular weight is 567 g/mol. The molecule has 1 aliphatic rings. The van der Waals surface area contributed by atoms with Crippen molar-refractivity contribution in [2.24, 2.45) is 17.3 Å². The number of rotatable bonds is 14. The number of para-hydroxylation sites is 1. The highest BCUT2D eigenvalue weighted by Gasteiger charge is 2.25. The third kappa shape index (κ3) is 20.9. The molecule has 7 heteroatoms. The summed E-state index contributed by atoms with van der Waals surface area (Å²) in [4.78, 5) is 10.4. The molecule has 1 saturated carbocycles. The van der Waals surface area contributed by atoms with Gasteiger partial charge in [0.1, 0.15) is 12.4 Å². The van der Waals surface area contributed by atoms with E-state index >= 15 is 0 Å². The highest BCUT2D eigenvalue weighted by Crippen LogP contribution is 2.29. The van der Waals surface area contributed by atoms with Gasteiger partial charge in [-0.3, -0.25) is 4.79 Å². The van der Waals surface area contributed by atoms with Crippen LogP contribution < -0.4 is 26.2 Å². The zero-order chi connectivity index (χ0) is 29.9. The van der Waals surface area contributed by atoms with E-state index in [9.17, 15) is 4.79 Å². The lowest BCUT2D eigenvalue weighted by molar-refractivity contribution is -0.109. The van der Waals surface area contributed by atoms with Crippen molar-refractivity contribution < 1.29 is 9.53 Å². The molecule has 1 fully saturated rings. The Balaban J connectivity index is 0. The van der Waals surface area contributed by atoms with Crippen molar-refractivity contribution in [2.45, 2.75) is 105 Å². The molecule has 0 heterocycles. The van der Waals surface area contributed by atoms with Crippen molar-refractivity contribution >= 4 is 15.1 Å². The fourth-order valence-corrected chi connectivity index (χ4v) is 4.30. The summed E-state index contributed by atoms with van der Waals surface area (Å²) in [6.07, 6.45) is 11.3. The highest BCUT2D eigenvalue weighted by molar-refractivity contribution is 7.34. The van der Waals surface area contributed by atoms with Gasteiger partial charge in [-0.2, -0.15) is 0 Å². The fourth-order valence-electron chi connectivity index (χ4n) is 4.30. The van der Waals surface area contributed by atoms with Gasteiger partial charge in [0.2, 0.25) is 6.41 Å². The van der Waals surface area contributed by atoms with Crippen LogP contribution >= 0.6 is 8.73 Å². The van der Waals surface area contributed by atoms with Crippen molar-refractivity contribution in [1.29, 1.82) is 0 Å². The molecular formula is C32H63N4O2P. The van der Waals surface area contributed by atoms with E-state index in [0.29, 0.717) is 33.8 Å².